The standard InChI is InChI=1S/C26H18Cl2N4O2S/c1-15-20(13-16-9-11-19(33)12-10-16)26(32(30-15)18-6-4-5-17(27)14-18)23(28)24(34)31(26)25-29-21-7-2-3-8-22(21)35-25/h2-14,23,33H,1H3/b20-13+. The van der Waals surface area contributed by atoms with Gasteiger partial charge in [0.15, 0.2) is 16.2 Å². The Balaban J connectivity index is 1.59. The first-order valence-corrected chi connectivity index (χ1v) is 12.5. The highest BCUT2D eigenvalue weighted by Gasteiger charge is 2.69. The molecule has 1 fully saturated rings. The van der Waals surface area contributed by atoms with Gasteiger partial charge in [0.1, 0.15) is 5.75 Å². The zero-order valence-corrected chi connectivity index (χ0v) is 20.7. The van der Waals surface area contributed by atoms with Crippen molar-refractivity contribution in [3.63, 3.8) is 0 Å². The minimum atomic E-state index is -1.14. The third kappa shape index (κ3) is 3.26. The Morgan fingerprint density at radius 2 is 1.86 bits per heavy atom. The number of alkyl halides is 1. The number of aromatic nitrogens is 1. The zero-order valence-electron chi connectivity index (χ0n) is 18.4. The number of amides is 1. The molecule has 2 aliphatic heterocycles. The summed E-state index contributed by atoms with van der Waals surface area (Å²) in [5.74, 6) is -0.0800. The van der Waals surface area contributed by atoms with Gasteiger partial charge < -0.3 is 5.11 Å². The molecular weight excluding hydrogens is 503 g/mol. The Hall–Kier alpha value is -3.39. The Labute approximate surface area is 215 Å². The van der Waals surface area contributed by atoms with Gasteiger partial charge in [0.05, 0.1) is 21.6 Å². The number of carbonyl (C=O) groups is 1. The summed E-state index contributed by atoms with van der Waals surface area (Å²) in [7, 11) is 0. The predicted molar refractivity (Wildman–Crippen MR) is 143 cm³/mol. The molecular formula is C26H18Cl2N4O2S. The molecule has 3 heterocycles. The fraction of sp³-hybridized carbons (Fsp3) is 0.115. The van der Waals surface area contributed by atoms with E-state index in [4.69, 9.17) is 33.3 Å². The molecule has 0 aliphatic carbocycles. The molecule has 2 unspecified atom stereocenters. The summed E-state index contributed by atoms with van der Waals surface area (Å²) in [6.45, 7) is 1.89. The topological polar surface area (TPSA) is 69.0 Å². The van der Waals surface area contributed by atoms with Crippen LogP contribution in [0.15, 0.2) is 83.5 Å². The first-order chi connectivity index (χ1) is 16.9. The van der Waals surface area contributed by atoms with Crippen LogP contribution in [-0.4, -0.2) is 32.7 Å². The van der Waals surface area contributed by atoms with Crippen molar-refractivity contribution in [2.24, 2.45) is 5.10 Å². The van der Waals surface area contributed by atoms with E-state index in [2.05, 4.69) is 0 Å². The monoisotopic (exact) mass is 520 g/mol. The molecule has 0 bridgehead atoms. The van der Waals surface area contributed by atoms with Gasteiger partial charge in [-0.25, -0.2) is 9.99 Å². The number of nitrogens with zero attached hydrogens (tertiary/aromatic N) is 4. The second-order valence-electron chi connectivity index (χ2n) is 8.35. The summed E-state index contributed by atoms with van der Waals surface area (Å²) in [5, 5.41) is 16.5. The first-order valence-electron chi connectivity index (χ1n) is 10.9. The molecule has 1 N–H and O–H groups in total. The number of hydrazone groups is 1. The Bertz CT molecular complexity index is 1520. The van der Waals surface area contributed by atoms with E-state index in [9.17, 15) is 9.90 Å². The smallest absolute Gasteiger partial charge is 0.254 e. The number of halogens is 2. The maximum atomic E-state index is 13.4. The van der Waals surface area contributed by atoms with Crippen molar-refractivity contribution in [1.29, 1.82) is 0 Å². The van der Waals surface area contributed by atoms with E-state index in [0.29, 0.717) is 21.6 Å². The normalized spacial score (nSPS) is 22.8. The lowest BCUT2D eigenvalue weighted by Crippen LogP contribution is -2.79. The predicted octanol–water partition coefficient (Wildman–Crippen LogP) is 6.29. The molecule has 1 spiro atoms. The minimum Gasteiger partial charge on any atom is -0.508 e. The molecule has 3 aromatic carbocycles. The molecule has 0 saturated carbocycles. The molecule has 1 saturated heterocycles. The van der Waals surface area contributed by atoms with Gasteiger partial charge in [0.25, 0.3) is 5.91 Å². The van der Waals surface area contributed by atoms with Crippen molar-refractivity contribution in [1.82, 2.24) is 4.98 Å². The van der Waals surface area contributed by atoms with Crippen molar-refractivity contribution in [2.75, 3.05) is 9.91 Å². The summed E-state index contributed by atoms with van der Waals surface area (Å²) >= 11 is 14.7. The lowest BCUT2D eigenvalue weighted by atomic mass is 9.82. The summed E-state index contributed by atoms with van der Waals surface area (Å²) in [5.41, 5.74) is 2.69. The van der Waals surface area contributed by atoms with Crippen molar-refractivity contribution in [3.05, 3.63) is 89.0 Å². The molecule has 9 heteroatoms. The van der Waals surface area contributed by atoms with Crippen molar-refractivity contribution >= 4 is 73.3 Å². The first kappa shape index (κ1) is 22.1. The van der Waals surface area contributed by atoms with Gasteiger partial charge in [-0.3, -0.25) is 9.69 Å². The van der Waals surface area contributed by atoms with Crippen LogP contribution in [-0.2, 0) is 4.79 Å². The average molecular weight is 521 g/mol. The van der Waals surface area contributed by atoms with E-state index in [1.807, 2.05) is 49.4 Å². The van der Waals surface area contributed by atoms with Gasteiger partial charge in [-0.15, -0.1) is 11.6 Å². The van der Waals surface area contributed by atoms with Crippen LogP contribution in [0, 0.1) is 0 Å². The number of aromatic hydroxyl groups is 1. The molecule has 1 amide bonds. The van der Waals surface area contributed by atoms with Crippen LogP contribution in [0.3, 0.4) is 0 Å². The molecule has 0 radical (unpaired) electrons. The molecule has 6 rings (SSSR count). The maximum absolute atomic E-state index is 13.4. The lowest BCUT2D eigenvalue weighted by molar-refractivity contribution is -0.125. The van der Waals surface area contributed by atoms with E-state index in [-0.39, 0.29) is 11.7 Å². The molecule has 4 aromatic rings. The van der Waals surface area contributed by atoms with Crippen LogP contribution < -0.4 is 9.91 Å². The Morgan fingerprint density at radius 1 is 1.09 bits per heavy atom. The largest absolute Gasteiger partial charge is 0.508 e. The van der Waals surface area contributed by atoms with Gasteiger partial charge in [-0.05, 0) is 61.0 Å². The van der Waals surface area contributed by atoms with Crippen molar-refractivity contribution in [2.45, 2.75) is 18.0 Å². The summed E-state index contributed by atoms with van der Waals surface area (Å²) in [6, 6.07) is 21.9. The van der Waals surface area contributed by atoms with E-state index in [1.165, 1.54) is 11.3 Å². The van der Waals surface area contributed by atoms with Crippen LogP contribution in [0.4, 0.5) is 10.8 Å². The van der Waals surface area contributed by atoms with Gasteiger partial charge >= 0.3 is 0 Å². The SMILES string of the molecule is CC1=NN(c2cccc(Cl)c2)C2(/C1=C/c1ccc(O)cc1)C(Cl)C(=O)N2c1nc2ccccc2s1. The number of para-hydroxylation sites is 1. The maximum Gasteiger partial charge on any atom is 0.254 e. The molecule has 174 valence electrons. The van der Waals surface area contributed by atoms with Gasteiger partial charge in [0, 0.05) is 10.6 Å². The third-order valence-corrected chi connectivity index (χ3v) is 7.97. The number of anilines is 2. The van der Waals surface area contributed by atoms with Crippen LogP contribution in [0.25, 0.3) is 16.3 Å². The van der Waals surface area contributed by atoms with Gasteiger partial charge in [-0.2, -0.15) is 5.10 Å². The zero-order chi connectivity index (χ0) is 24.3. The summed E-state index contributed by atoms with van der Waals surface area (Å²) in [4.78, 5) is 19.8. The minimum absolute atomic E-state index is 0.171. The molecule has 35 heavy (non-hydrogen) atoms. The Kier molecular flexibility index (Phi) is 5.11. The summed E-state index contributed by atoms with van der Waals surface area (Å²) < 4.78 is 0.970. The second-order valence-corrected chi connectivity index (χ2v) is 10.2. The number of β-lactam (4-membered cyclic amide) rings is 1. The average Bonchev–Trinajstić information content (AvgIpc) is 3.40. The highest BCUT2D eigenvalue weighted by molar-refractivity contribution is 7.22. The van der Waals surface area contributed by atoms with Crippen molar-refractivity contribution in [3.8, 4) is 5.75 Å². The number of phenols is 1. The number of hydrogen-bond donors (Lipinski definition) is 1. The number of hydrogen-bond acceptors (Lipinski definition) is 6. The number of phenolic OH excluding ortho intramolecular Hbond substituents is 1. The molecule has 2 aliphatic rings. The van der Waals surface area contributed by atoms with E-state index in [0.717, 1.165) is 21.4 Å². The molecule has 1 aromatic heterocycles. The van der Waals surface area contributed by atoms with Crippen LogP contribution in [0.2, 0.25) is 5.02 Å². The van der Waals surface area contributed by atoms with Gasteiger partial charge in [-0.1, -0.05) is 53.3 Å². The number of carbonyl (C=O) groups excluding carboxylic acids is 1. The quantitative estimate of drug-likeness (QED) is 0.254. The van der Waals surface area contributed by atoms with Crippen LogP contribution in [0.5, 0.6) is 5.75 Å². The fourth-order valence-electron chi connectivity index (χ4n) is 4.63. The highest BCUT2D eigenvalue weighted by atomic mass is 35.5. The van der Waals surface area contributed by atoms with E-state index >= 15 is 0 Å². The van der Waals surface area contributed by atoms with E-state index < -0.39 is 11.0 Å². The second kappa shape index (κ2) is 8.09. The van der Waals surface area contributed by atoms with E-state index in [1.54, 1.807) is 46.3 Å². The lowest BCUT2D eigenvalue weighted by Gasteiger charge is -2.55. The van der Waals surface area contributed by atoms with Crippen LogP contribution in [0.1, 0.15) is 12.5 Å². The highest BCUT2D eigenvalue weighted by Crippen LogP contribution is 2.54. The number of benzene rings is 3. The molecule has 6 nitrogen and oxygen atoms in total. The van der Waals surface area contributed by atoms with Crippen molar-refractivity contribution < 1.29 is 9.90 Å². The van der Waals surface area contributed by atoms with Gasteiger partial charge in [0.2, 0.25) is 0 Å². The third-order valence-electron chi connectivity index (χ3n) is 6.22. The number of rotatable bonds is 3. The molecule has 2 atom stereocenters. The fourth-order valence-corrected chi connectivity index (χ4v) is 6.24. The number of fused-ring (bicyclic) bond motifs is 1. The summed E-state index contributed by atoms with van der Waals surface area (Å²) in [6.07, 6.45) is 1.95. The Morgan fingerprint density at radius 3 is 2.60 bits per heavy atom. The van der Waals surface area contributed by atoms with Crippen LogP contribution >= 0.6 is 34.5 Å². The number of thiazole rings is 1.